The van der Waals surface area contributed by atoms with E-state index in [-0.39, 0.29) is 0 Å². The molecule has 1 heterocycles. The predicted molar refractivity (Wildman–Crippen MR) is 61.5 cm³/mol. The highest BCUT2D eigenvalue weighted by Crippen LogP contribution is 2.27. The number of aromatic nitrogens is 1. The summed E-state index contributed by atoms with van der Waals surface area (Å²) >= 11 is 0. The van der Waals surface area contributed by atoms with Crippen molar-refractivity contribution in [2.24, 2.45) is 0 Å². The van der Waals surface area contributed by atoms with Crippen LogP contribution >= 0.6 is 0 Å². The number of anilines is 1. The first-order valence-electron chi connectivity index (χ1n) is 5.15. The first-order valence-corrected chi connectivity index (χ1v) is 5.15. The highest BCUT2D eigenvalue weighted by molar-refractivity contribution is 5.88. The van der Waals surface area contributed by atoms with Gasteiger partial charge in [-0.1, -0.05) is 13.8 Å². The van der Waals surface area contributed by atoms with Crippen molar-refractivity contribution in [1.82, 2.24) is 4.98 Å². The Kier molecular flexibility index (Phi) is 2.20. The number of aromatic amines is 1. The average molecular weight is 188 g/mol. The van der Waals surface area contributed by atoms with Crippen LogP contribution in [0, 0.1) is 0 Å². The molecular formula is C12H16N2. The summed E-state index contributed by atoms with van der Waals surface area (Å²) < 4.78 is 0. The summed E-state index contributed by atoms with van der Waals surface area (Å²) in [5, 5.41) is 1.27. The zero-order valence-electron chi connectivity index (χ0n) is 8.72. The third kappa shape index (κ3) is 1.18. The Balaban J connectivity index is 2.80. The van der Waals surface area contributed by atoms with Gasteiger partial charge in [0.2, 0.25) is 0 Å². The predicted octanol–water partition coefficient (Wildman–Crippen LogP) is 2.87. The lowest BCUT2D eigenvalue weighted by Gasteiger charge is -2.09. The zero-order valence-corrected chi connectivity index (χ0v) is 8.72. The molecule has 14 heavy (non-hydrogen) atoms. The van der Waals surface area contributed by atoms with Gasteiger partial charge >= 0.3 is 0 Å². The van der Waals surface area contributed by atoms with Gasteiger partial charge in [-0.3, -0.25) is 0 Å². The van der Waals surface area contributed by atoms with Crippen LogP contribution in [0.4, 0.5) is 5.69 Å². The van der Waals surface area contributed by atoms with Gasteiger partial charge in [0.25, 0.3) is 0 Å². The van der Waals surface area contributed by atoms with E-state index in [1.807, 2.05) is 6.20 Å². The van der Waals surface area contributed by atoms with Crippen molar-refractivity contribution in [3.63, 3.8) is 0 Å². The van der Waals surface area contributed by atoms with Gasteiger partial charge in [-0.15, -0.1) is 0 Å². The molecule has 0 aliphatic carbocycles. The Morgan fingerprint density at radius 2 is 2.07 bits per heavy atom. The van der Waals surface area contributed by atoms with E-state index < -0.39 is 0 Å². The fourth-order valence-electron chi connectivity index (χ4n) is 2.02. The Labute approximate surface area is 84.1 Å². The second-order valence-electron chi connectivity index (χ2n) is 3.58. The summed E-state index contributed by atoms with van der Waals surface area (Å²) in [4.78, 5) is 3.25. The van der Waals surface area contributed by atoms with Crippen molar-refractivity contribution >= 4 is 16.6 Å². The first-order chi connectivity index (χ1) is 6.77. The molecule has 0 fully saturated rings. The van der Waals surface area contributed by atoms with Gasteiger partial charge in [0.1, 0.15) is 0 Å². The van der Waals surface area contributed by atoms with Gasteiger partial charge in [-0.2, -0.15) is 0 Å². The first kappa shape index (κ1) is 9.13. The molecule has 0 radical (unpaired) electrons. The molecular weight excluding hydrogens is 172 g/mol. The van der Waals surface area contributed by atoms with Crippen LogP contribution in [-0.4, -0.2) is 4.98 Å². The summed E-state index contributed by atoms with van der Waals surface area (Å²) in [7, 11) is 0. The van der Waals surface area contributed by atoms with Crippen molar-refractivity contribution in [3.05, 3.63) is 29.5 Å². The van der Waals surface area contributed by atoms with E-state index in [1.165, 1.54) is 22.0 Å². The number of rotatable bonds is 2. The molecule has 0 spiro atoms. The number of hydrogen-bond donors (Lipinski definition) is 2. The van der Waals surface area contributed by atoms with Crippen LogP contribution in [-0.2, 0) is 12.8 Å². The SMILES string of the molecule is CCc1cc2cc[nH]c2c(CC)c1N. The molecule has 0 saturated heterocycles. The Morgan fingerprint density at radius 3 is 2.71 bits per heavy atom. The summed E-state index contributed by atoms with van der Waals surface area (Å²) in [6.45, 7) is 4.29. The number of nitrogens with one attached hydrogen (secondary N) is 1. The van der Waals surface area contributed by atoms with E-state index in [2.05, 4.69) is 31.0 Å². The number of H-pyrrole nitrogens is 1. The normalized spacial score (nSPS) is 11.0. The standard InChI is InChI=1S/C12H16N2/c1-3-8-7-9-5-6-14-12(9)10(4-2)11(8)13/h5-7,14H,3-4,13H2,1-2H3. The lowest BCUT2D eigenvalue weighted by Crippen LogP contribution is -1.99. The minimum atomic E-state index is 0.963. The van der Waals surface area contributed by atoms with Crippen molar-refractivity contribution in [2.45, 2.75) is 26.7 Å². The number of nitrogens with two attached hydrogens (primary N) is 1. The van der Waals surface area contributed by atoms with Gasteiger partial charge < -0.3 is 10.7 Å². The molecule has 0 aliphatic rings. The maximum atomic E-state index is 6.11. The monoisotopic (exact) mass is 188 g/mol. The summed E-state index contributed by atoms with van der Waals surface area (Å²) in [6.07, 6.45) is 3.96. The summed E-state index contributed by atoms with van der Waals surface area (Å²) in [6, 6.07) is 4.29. The molecule has 2 rings (SSSR count). The maximum Gasteiger partial charge on any atom is 0.0507 e. The lowest BCUT2D eigenvalue weighted by atomic mass is 10.0. The number of benzene rings is 1. The van der Waals surface area contributed by atoms with Crippen molar-refractivity contribution in [1.29, 1.82) is 0 Å². The van der Waals surface area contributed by atoms with E-state index in [0.29, 0.717) is 0 Å². The molecule has 0 saturated carbocycles. The van der Waals surface area contributed by atoms with Crippen LogP contribution in [0.3, 0.4) is 0 Å². The second kappa shape index (κ2) is 3.37. The van der Waals surface area contributed by atoms with E-state index in [4.69, 9.17) is 5.73 Å². The van der Waals surface area contributed by atoms with E-state index in [0.717, 1.165) is 18.5 Å². The summed E-state index contributed by atoms with van der Waals surface area (Å²) in [5.74, 6) is 0. The van der Waals surface area contributed by atoms with Gasteiger partial charge in [-0.05, 0) is 36.1 Å². The molecule has 2 aromatic rings. The van der Waals surface area contributed by atoms with E-state index >= 15 is 0 Å². The topological polar surface area (TPSA) is 41.8 Å². The van der Waals surface area contributed by atoms with Crippen LogP contribution in [0.15, 0.2) is 18.3 Å². The number of hydrogen-bond acceptors (Lipinski definition) is 1. The Morgan fingerprint density at radius 1 is 1.29 bits per heavy atom. The third-order valence-electron chi connectivity index (χ3n) is 2.82. The van der Waals surface area contributed by atoms with Gasteiger partial charge in [0.05, 0.1) is 5.52 Å². The third-order valence-corrected chi connectivity index (χ3v) is 2.82. The molecule has 1 aromatic heterocycles. The summed E-state index contributed by atoms with van der Waals surface area (Å²) in [5.41, 5.74) is 10.8. The zero-order chi connectivity index (χ0) is 10.1. The molecule has 0 unspecified atom stereocenters. The molecule has 0 atom stereocenters. The average Bonchev–Trinajstić information content (AvgIpc) is 2.64. The highest BCUT2D eigenvalue weighted by Gasteiger charge is 2.08. The van der Waals surface area contributed by atoms with E-state index in [9.17, 15) is 0 Å². The van der Waals surface area contributed by atoms with Crippen LogP contribution in [0.2, 0.25) is 0 Å². The maximum absolute atomic E-state index is 6.11. The molecule has 1 aromatic carbocycles. The van der Waals surface area contributed by atoms with Crippen molar-refractivity contribution < 1.29 is 0 Å². The van der Waals surface area contributed by atoms with Crippen molar-refractivity contribution in [3.8, 4) is 0 Å². The quantitative estimate of drug-likeness (QED) is 0.699. The highest BCUT2D eigenvalue weighted by atomic mass is 14.7. The molecule has 74 valence electrons. The largest absolute Gasteiger partial charge is 0.398 e. The fourth-order valence-corrected chi connectivity index (χ4v) is 2.02. The number of nitrogen functional groups attached to an aromatic ring is 1. The fraction of sp³-hybridized carbons (Fsp3) is 0.333. The minimum Gasteiger partial charge on any atom is -0.398 e. The van der Waals surface area contributed by atoms with Gasteiger partial charge in [-0.25, -0.2) is 0 Å². The van der Waals surface area contributed by atoms with Crippen LogP contribution in [0.1, 0.15) is 25.0 Å². The number of fused-ring (bicyclic) bond motifs is 1. The molecule has 2 heteroatoms. The molecule has 2 nitrogen and oxygen atoms in total. The molecule has 3 N–H and O–H groups in total. The van der Waals surface area contributed by atoms with Crippen LogP contribution in [0.25, 0.3) is 10.9 Å². The second-order valence-corrected chi connectivity index (χ2v) is 3.58. The van der Waals surface area contributed by atoms with Crippen molar-refractivity contribution in [2.75, 3.05) is 5.73 Å². The van der Waals surface area contributed by atoms with Gasteiger partial charge in [0, 0.05) is 17.3 Å². The number of aryl methyl sites for hydroxylation is 2. The lowest BCUT2D eigenvalue weighted by molar-refractivity contribution is 1.11. The Hall–Kier alpha value is -1.44. The smallest absolute Gasteiger partial charge is 0.0507 e. The van der Waals surface area contributed by atoms with E-state index in [1.54, 1.807) is 0 Å². The molecule has 0 bridgehead atoms. The van der Waals surface area contributed by atoms with Gasteiger partial charge in [0.15, 0.2) is 0 Å². The van der Waals surface area contributed by atoms with Crippen LogP contribution < -0.4 is 5.73 Å². The minimum absolute atomic E-state index is 0.963. The Bertz CT molecular complexity index is 455. The molecule has 0 amide bonds. The molecule has 0 aliphatic heterocycles. The van der Waals surface area contributed by atoms with Crippen LogP contribution in [0.5, 0.6) is 0 Å².